The number of para-hydroxylation sites is 1. The van der Waals surface area contributed by atoms with E-state index in [-0.39, 0.29) is 12.4 Å². The summed E-state index contributed by atoms with van der Waals surface area (Å²) in [6.45, 7) is 2.82. The van der Waals surface area contributed by atoms with Gasteiger partial charge in [0.2, 0.25) is 5.88 Å². The fraction of sp³-hybridized carbons (Fsp3) is 0.208. The molecular weight excluding hydrogens is 376 g/mol. The van der Waals surface area contributed by atoms with Crippen molar-refractivity contribution in [2.75, 3.05) is 11.9 Å². The van der Waals surface area contributed by atoms with Crippen LogP contribution in [-0.2, 0) is 11.3 Å². The summed E-state index contributed by atoms with van der Waals surface area (Å²) < 4.78 is 1.82. The zero-order chi connectivity index (χ0) is 20.9. The molecule has 0 atom stereocenters. The van der Waals surface area contributed by atoms with Crippen molar-refractivity contribution in [1.82, 2.24) is 4.57 Å². The lowest BCUT2D eigenvalue weighted by Crippen LogP contribution is -2.10. The van der Waals surface area contributed by atoms with Gasteiger partial charge in [-0.2, -0.15) is 0 Å². The first-order valence-electron chi connectivity index (χ1n) is 10.1. The molecule has 6 nitrogen and oxygen atoms in total. The van der Waals surface area contributed by atoms with Crippen molar-refractivity contribution in [3.63, 3.8) is 0 Å². The molecule has 152 valence electrons. The molecule has 0 spiro atoms. The summed E-state index contributed by atoms with van der Waals surface area (Å²) in [6, 6.07) is 21.6. The molecule has 0 aliphatic carbocycles. The van der Waals surface area contributed by atoms with Gasteiger partial charge in [-0.05, 0) is 35.4 Å². The topological polar surface area (TPSA) is 79.0 Å². The Morgan fingerprint density at radius 2 is 1.80 bits per heavy atom. The summed E-state index contributed by atoms with van der Waals surface area (Å²) in [5, 5.41) is 24.7. The number of unbranched alkanes of at least 4 members (excludes halogenated alkanes) is 1. The van der Waals surface area contributed by atoms with Gasteiger partial charge in [0.05, 0.1) is 12.1 Å². The fourth-order valence-electron chi connectivity index (χ4n) is 3.53. The number of carbonyl (C=O) groups excluding carboxylic acids is 1. The number of azo groups is 1. The smallest absolute Gasteiger partial charge is 0.283 e. The van der Waals surface area contributed by atoms with Crippen LogP contribution in [0.3, 0.4) is 0 Å². The van der Waals surface area contributed by atoms with E-state index in [1.165, 1.54) is 0 Å². The van der Waals surface area contributed by atoms with E-state index in [0.717, 1.165) is 40.2 Å². The van der Waals surface area contributed by atoms with Crippen LogP contribution in [0.2, 0.25) is 0 Å². The molecule has 0 aliphatic heterocycles. The third-order valence-electron chi connectivity index (χ3n) is 5.11. The minimum absolute atomic E-state index is 0.0249. The highest BCUT2D eigenvalue weighted by atomic mass is 16.3. The molecule has 6 heteroatoms. The quantitative estimate of drug-likeness (QED) is 0.372. The molecule has 0 saturated heterocycles. The van der Waals surface area contributed by atoms with Crippen LogP contribution in [0.15, 0.2) is 77.0 Å². The second kappa shape index (κ2) is 8.78. The zero-order valence-corrected chi connectivity index (χ0v) is 16.9. The normalized spacial score (nSPS) is 11.5. The predicted octanol–water partition coefficient (Wildman–Crippen LogP) is 6.02. The fourth-order valence-corrected chi connectivity index (χ4v) is 3.53. The Kier molecular flexibility index (Phi) is 5.75. The van der Waals surface area contributed by atoms with E-state index in [0.29, 0.717) is 12.2 Å². The Hall–Kier alpha value is -3.67. The molecule has 4 aromatic rings. The highest BCUT2D eigenvalue weighted by molar-refractivity contribution is 5.95. The molecule has 0 unspecified atom stereocenters. The first-order valence-corrected chi connectivity index (χ1v) is 10.1. The summed E-state index contributed by atoms with van der Waals surface area (Å²) in [5.74, 6) is -0.364. The van der Waals surface area contributed by atoms with Crippen molar-refractivity contribution >= 4 is 39.0 Å². The monoisotopic (exact) mass is 400 g/mol. The van der Waals surface area contributed by atoms with Crippen molar-refractivity contribution < 1.29 is 9.90 Å². The van der Waals surface area contributed by atoms with Crippen molar-refractivity contribution in [1.29, 1.82) is 0 Å². The number of hydrogen-bond donors (Lipinski definition) is 2. The zero-order valence-electron chi connectivity index (χ0n) is 16.9. The minimum atomic E-state index is -0.409. The second-order valence-corrected chi connectivity index (χ2v) is 7.20. The average Bonchev–Trinajstić information content (AvgIpc) is 3.05. The van der Waals surface area contributed by atoms with Crippen LogP contribution >= 0.6 is 0 Å². The van der Waals surface area contributed by atoms with Crippen molar-refractivity contribution in [3.8, 4) is 5.88 Å². The number of aromatic nitrogens is 1. The second-order valence-electron chi connectivity index (χ2n) is 7.20. The van der Waals surface area contributed by atoms with Crippen LogP contribution in [0.4, 0.5) is 11.4 Å². The molecular formula is C24H24N4O2. The number of carbonyl (C=O) groups is 1. The predicted molar refractivity (Wildman–Crippen MR) is 120 cm³/mol. The summed E-state index contributed by atoms with van der Waals surface area (Å²) in [7, 11) is 0. The van der Waals surface area contributed by atoms with Crippen LogP contribution < -0.4 is 5.32 Å². The number of aryl methyl sites for hydroxylation is 1. The van der Waals surface area contributed by atoms with Crippen LogP contribution in [0.25, 0.3) is 21.7 Å². The van der Waals surface area contributed by atoms with Crippen LogP contribution in [0.5, 0.6) is 5.88 Å². The number of amides is 1. The average molecular weight is 400 g/mol. The summed E-state index contributed by atoms with van der Waals surface area (Å²) >= 11 is 0. The Bertz CT molecular complexity index is 1230. The van der Waals surface area contributed by atoms with E-state index in [1.54, 1.807) is 0 Å². The van der Waals surface area contributed by atoms with Crippen molar-refractivity contribution in [2.24, 2.45) is 10.2 Å². The molecule has 0 saturated carbocycles. The van der Waals surface area contributed by atoms with Crippen molar-refractivity contribution in [2.45, 2.75) is 26.3 Å². The Balaban J connectivity index is 1.49. The molecule has 3 aromatic carbocycles. The number of nitrogens with zero attached hydrogens (tertiary/aromatic N) is 3. The number of anilines is 1. The lowest BCUT2D eigenvalue weighted by molar-refractivity contribution is -0.116. The summed E-state index contributed by atoms with van der Waals surface area (Å²) in [5.41, 5.74) is 2.07. The molecule has 0 fully saturated rings. The van der Waals surface area contributed by atoms with Crippen molar-refractivity contribution in [3.05, 3.63) is 66.7 Å². The van der Waals surface area contributed by atoms with E-state index in [2.05, 4.69) is 22.5 Å². The number of benzene rings is 3. The molecule has 2 N–H and O–H groups in total. The van der Waals surface area contributed by atoms with E-state index in [1.807, 2.05) is 71.3 Å². The Morgan fingerprint density at radius 3 is 2.63 bits per heavy atom. The van der Waals surface area contributed by atoms with Gasteiger partial charge in [0.25, 0.3) is 5.91 Å². The first-order chi connectivity index (χ1) is 14.7. The standard InChI is InChI=1S/C24H24N4O2/c1-2-3-14-28-21-11-7-6-10-20(21)23(24(28)30)27-26-22(29)16-25-19-13-12-17-8-4-5-9-18(17)15-19/h4-13,15,25,30H,2-3,14,16H2,1H3. The van der Waals surface area contributed by atoms with Gasteiger partial charge in [-0.25, -0.2) is 0 Å². The minimum Gasteiger partial charge on any atom is -0.493 e. The third kappa shape index (κ3) is 4.03. The molecule has 1 amide bonds. The SMILES string of the molecule is CCCCn1c(O)c(N=NC(=O)CNc2ccc3ccccc3c2)c2ccccc21. The summed E-state index contributed by atoms with van der Waals surface area (Å²) in [4.78, 5) is 12.3. The van der Waals surface area contributed by atoms with Gasteiger partial charge in [0.1, 0.15) is 0 Å². The highest BCUT2D eigenvalue weighted by Crippen LogP contribution is 2.39. The number of hydrogen-bond acceptors (Lipinski definition) is 4. The molecule has 4 rings (SSSR count). The van der Waals surface area contributed by atoms with Gasteiger partial charge < -0.3 is 15.0 Å². The van der Waals surface area contributed by atoms with E-state index < -0.39 is 5.91 Å². The molecule has 1 aromatic heterocycles. The van der Waals surface area contributed by atoms with E-state index in [9.17, 15) is 9.90 Å². The largest absolute Gasteiger partial charge is 0.493 e. The van der Waals surface area contributed by atoms with Gasteiger partial charge in [0.15, 0.2) is 5.69 Å². The molecule has 0 aliphatic rings. The van der Waals surface area contributed by atoms with Crippen LogP contribution in [0, 0.1) is 0 Å². The van der Waals surface area contributed by atoms with Gasteiger partial charge in [-0.3, -0.25) is 4.79 Å². The van der Waals surface area contributed by atoms with Crippen LogP contribution in [0.1, 0.15) is 19.8 Å². The van der Waals surface area contributed by atoms with Gasteiger partial charge >= 0.3 is 0 Å². The van der Waals surface area contributed by atoms with Gasteiger partial charge in [0, 0.05) is 17.6 Å². The lowest BCUT2D eigenvalue weighted by atomic mass is 10.1. The van der Waals surface area contributed by atoms with Gasteiger partial charge in [-0.1, -0.05) is 61.9 Å². The Labute approximate surface area is 174 Å². The maximum atomic E-state index is 12.3. The maximum absolute atomic E-state index is 12.3. The van der Waals surface area contributed by atoms with E-state index >= 15 is 0 Å². The Morgan fingerprint density at radius 1 is 1.03 bits per heavy atom. The molecule has 0 bridgehead atoms. The number of nitrogens with one attached hydrogen (secondary N) is 1. The highest BCUT2D eigenvalue weighted by Gasteiger charge is 2.16. The van der Waals surface area contributed by atoms with Gasteiger partial charge in [-0.15, -0.1) is 10.2 Å². The molecule has 30 heavy (non-hydrogen) atoms. The van der Waals surface area contributed by atoms with Crippen LogP contribution in [-0.4, -0.2) is 22.1 Å². The van der Waals surface area contributed by atoms with E-state index in [4.69, 9.17) is 0 Å². The molecule has 0 radical (unpaired) electrons. The summed E-state index contributed by atoms with van der Waals surface area (Å²) in [6.07, 6.45) is 1.96. The maximum Gasteiger partial charge on any atom is 0.283 e. The molecule has 1 heterocycles. The number of rotatable bonds is 7. The number of aromatic hydroxyl groups is 1. The third-order valence-corrected chi connectivity index (χ3v) is 5.11. The lowest BCUT2D eigenvalue weighted by Gasteiger charge is -2.05. The number of fused-ring (bicyclic) bond motifs is 2. The first kappa shape index (κ1) is 19.6.